The van der Waals surface area contributed by atoms with E-state index >= 15 is 0 Å². The van der Waals surface area contributed by atoms with Crippen molar-refractivity contribution in [3.8, 4) is 11.5 Å². The molecule has 0 N–H and O–H groups in total. The molecule has 0 aliphatic heterocycles. The van der Waals surface area contributed by atoms with Crippen molar-refractivity contribution in [2.75, 3.05) is 27.4 Å². The normalized spacial score (nSPS) is 15.8. The number of rotatable bonds is 6. The van der Waals surface area contributed by atoms with Crippen LogP contribution < -0.4 is 9.47 Å². The van der Waals surface area contributed by atoms with Crippen LogP contribution in [0.1, 0.15) is 25.0 Å². The molecule has 0 aromatic heterocycles. The van der Waals surface area contributed by atoms with Gasteiger partial charge in [0.05, 0.1) is 19.8 Å². The first kappa shape index (κ1) is 13.2. The fourth-order valence-corrected chi connectivity index (χ4v) is 2.52. The summed E-state index contributed by atoms with van der Waals surface area (Å²) in [6.45, 7) is 5.12. The Morgan fingerprint density at radius 3 is 2.22 bits per heavy atom. The SMILES string of the molecule is CCOC1(OCC)Cc2ccc(OC)c(OC)c21. The van der Waals surface area contributed by atoms with Crippen molar-refractivity contribution in [3.63, 3.8) is 0 Å². The number of fused-ring (bicyclic) bond motifs is 1. The predicted octanol–water partition coefficient (Wildman–Crippen LogP) is 2.49. The van der Waals surface area contributed by atoms with Gasteiger partial charge >= 0.3 is 0 Å². The third-order valence-electron chi connectivity index (χ3n) is 3.19. The van der Waals surface area contributed by atoms with Gasteiger partial charge in [0.25, 0.3) is 0 Å². The average Bonchev–Trinajstić information content (AvgIpc) is 2.36. The molecule has 0 fully saturated rings. The number of hydrogen-bond acceptors (Lipinski definition) is 4. The van der Waals surface area contributed by atoms with Gasteiger partial charge in [-0.25, -0.2) is 0 Å². The molecule has 4 nitrogen and oxygen atoms in total. The predicted molar refractivity (Wildman–Crippen MR) is 68.2 cm³/mol. The van der Waals surface area contributed by atoms with Crippen LogP contribution in [0.25, 0.3) is 0 Å². The summed E-state index contributed by atoms with van der Waals surface area (Å²) < 4.78 is 22.4. The molecule has 0 saturated heterocycles. The summed E-state index contributed by atoms with van der Waals surface area (Å²) in [5.41, 5.74) is 2.16. The second kappa shape index (κ2) is 5.16. The smallest absolute Gasteiger partial charge is 0.202 e. The summed E-state index contributed by atoms with van der Waals surface area (Å²) in [5.74, 6) is 0.751. The van der Waals surface area contributed by atoms with E-state index < -0.39 is 5.79 Å². The summed E-state index contributed by atoms with van der Waals surface area (Å²) in [7, 11) is 3.27. The minimum absolute atomic E-state index is 0.597. The van der Waals surface area contributed by atoms with Crippen molar-refractivity contribution in [2.24, 2.45) is 0 Å². The van der Waals surface area contributed by atoms with E-state index in [4.69, 9.17) is 18.9 Å². The summed E-state index contributed by atoms with van der Waals surface area (Å²) in [6.07, 6.45) is 0.754. The highest BCUT2D eigenvalue weighted by Crippen LogP contribution is 2.51. The minimum atomic E-state index is -0.668. The van der Waals surface area contributed by atoms with Crippen molar-refractivity contribution < 1.29 is 18.9 Å². The molecule has 1 aliphatic rings. The maximum absolute atomic E-state index is 5.82. The first-order chi connectivity index (χ1) is 8.72. The molecule has 0 spiro atoms. The van der Waals surface area contributed by atoms with Gasteiger partial charge in [-0.05, 0) is 25.5 Å². The Balaban J connectivity index is 2.47. The molecule has 18 heavy (non-hydrogen) atoms. The number of benzene rings is 1. The molecule has 0 unspecified atom stereocenters. The van der Waals surface area contributed by atoms with E-state index in [1.165, 1.54) is 5.56 Å². The number of ether oxygens (including phenoxy) is 4. The molecule has 0 saturated carbocycles. The maximum Gasteiger partial charge on any atom is 0.202 e. The van der Waals surface area contributed by atoms with Crippen LogP contribution in [0.15, 0.2) is 12.1 Å². The fraction of sp³-hybridized carbons (Fsp3) is 0.571. The Labute approximate surface area is 108 Å². The third-order valence-corrected chi connectivity index (χ3v) is 3.19. The summed E-state index contributed by atoms with van der Waals surface area (Å²) >= 11 is 0. The molecule has 0 amide bonds. The van der Waals surface area contributed by atoms with E-state index in [1.54, 1.807) is 14.2 Å². The second-order valence-corrected chi connectivity index (χ2v) is 4.13. The molecule has 0 radical (unpaired) electrons. The first-order valence-corrected chi connectivity index (χ1v) is 6.24. The molecular formula is C14H20O4. The maximum atomic E-state index is 5.82. The lowest BCUT2D eigenvalue weighted by Crippen LogP contribution is -2.44. The first-order valence-electron chi connectivity index (χ1n) is 6.24. The topological polar surface area (TPSA) is 36.9 Å². The summed E-state index contributed by atoms with van der Waals surface area (Å²) in [5, 5.41) is 0. The minimum Gasteiger partial charge on any atom is -0.493 e. The highest BCUT2D eigenvalue weighted by atomic mass is 16.7. The van der Waals surface area contributed by atoms with E-state index in [1.807, 2.05) is 26.0 Å². The van der Waals surface area contributed by atoms with Gasteiger partial charge < -0.3 is 18.9 Å². The molecule has 0 heterocycles. The lowest BCUT2D eigenvalue weighted by atomic mass is 9.80. The van der Waals surface area contributed by atoms with Gasteiger partial charge in [-0.15, -0.1) is 0 Å². The van der Waals surface area contributed by atoms with Crippen LogP contribution in [0, 0.1) is 0 Å². The van der Waals surface area contributed by atoms with E-state index in [0.717, 1.165) is 12.0 Å². The van der Waals surface area contributed by atoms with E-state index in [9.17, 15) is 0 Å². The van der Waals surface area contributed by atoms with E-state index in [0.29, 0.717) is 24.7 Å². The van der Waals surface area contributed by atoms with Crippen molar-refractivity contribution in [1.82, 2.24) is 0 Å². The largest absolute Gasteiger partial charge is 0.493 e. The van der Waals surface area contributed by atoms with Crippen molar-refractivity contribution in [2.45, 2.75) is 26.1 Å². The zero-order valence-corrected chi connectivity index (χ0v) is 11.4. The molecule has 4 heteroatoms. The van der Waals surface area contributed by atoms with Gasteiger partial charge in [0.2, 0.25) is 5.79 Å². The zero-order chi connectivity index (χ0) is 13.2. The number of hydrogen-bond donors (Lipinski definition) is 0. The Morgan fingerprint density at radius 2 is 1.72 bits per heavy atom. The van der Waals surface area contributed by atoms with Crippen LogP contribution in [0.5, 0.6) is 11.5 Å². The van der Waals surface area contributed by atoms with Gasteiger partial charge in [0, 0.05) is 19.6 Å². The highest BCUT2D eigenvalue weighted by molar-refractivity contribution is 5.58. The summed E-state index contributed by atoms with van der Waals surface area (Å²) in [4.78, 5) is 0. The number of methoxy groups -OCH3 is 2. The van der Waals surface area contributed by atoms with Gasteiger partial charge in [-0.1, -0.05) is 6.07 Å². The van der Waals surface area contributed by atoms with Gasteiger partial charge in [0.1, 0.15) is 0 Å². The summed E-state index contributed by atoms with van der Waals surface area (Å²) in [6, 6.07) is 3.95. The molecule has 1 aromatic carbocycles. The van der Waals surface area contributed by atoms with Crippen molar-refractivity contribution >= 4 is 0 Å². The highest BCUT2D eigenvalue weighted by Gasteiger charge is 2.48. The quantitative estimate of drug-likeness (QED) is 0.729. The lowest BCUT2D eigenvalue weighted by Gasteiger charge is -2.43. The molecule has 1 aromatic rings. The monoisotopic (exact) mass is 252 g/mol. The second-order valence-electron chi connectivity index (χ2n) is 4.13. The Bertz CT molecular complexity index is 422. The van der Waals surface area contributed by atoms with Crippen molar-refractivity contribution in [1.29, 1.82) is 0 Å². The van der Waals surface area contributed by atoms with Crippen LogP contribution in [-0.4, -0.2) is 27.4 Å². The Kier molecular flexibility index (Phi) is 3.78. The van der Waals surface area contributed by atoms with Gasteiger partial charge in [-0.3, -0.25) is 0 Å². The fourth-order valence-electron chi connectivity index (χ4n) is 2.52. The van der Waals surface area contributed by atoms with Crippen molar-refractivity contribution in [3.05, 3.63) is 23.3 Å². The Hall–Kier alpha value is -1.26. The van der Waals surface area contributed by atoms with Crippen LogP contribution in [0.2, 0.25) is 0 Å². The molecular weight excluding hydrogens is 232 g/mol. The van der Waals surface area contributed by atoms with Crippen LogP contribution in [-0.2, 0) is 21.7 Å². The molecule has 2 rings (SSSR count). The van der Waals surface area contributed by atoms with Crippen LogP contribution >= 0.6 is 0 Å². The Morgan fingerprint density at radius 1 is 1.06 bits per heavy atom. The molecule has 1 aliphatic carbocycles. The lowest BCUT2D eigenvalue weighted by molar-refractivity contribution is -0.257. The van der Waals surface area contributed by atoms with E-state index in [-0.39, 0.29) is 0 Å². The van der Waals surface area contributed by atoms with Crippen LogP contribution in [0.3, 0.4) is 0 Å². The molecule has 100 valence electrons. The third kappa shape index (κ3) is 1.85. The van der Waals surface area contributed by atoms with Gasteiger partial charge in [0.15, 0.2) is 11.5 Å². The molecule has 0 atom stereocenters. The van der Waals surface area contributed by atoms with Gasteiger partial charge in [-0.2, -0.15) is 0 Å². The average molecular weight is 252 g/mol. The molecule has 0 bridgehead atoms. The standard InChI is InChI=1S/C14H20O4/c1-5-17-14(18-6-2)9-10-7-8-11(15-3)13(16-4)12(10)14/h7-8H,5-6,9H2,1-4H3. The zero-order valence-electron chi connectivity index (χ0n) is 11.4. The van der Waals surface area contributed by atoms with E-state index in [2.05, 4.69) is 0 Å². The van der Waals surface area contributed by atoms with Crippen LogP contribution in [0.4, 0.5) is 0 Å².